The summed E-state index contributed by atoms with van der Waals surface area (Å²) < 4.78 is 43.8. The number of fused-ring (bicyclic) bond motifs is 1. The molecule has 0 aliphatic rings. The smallest absolute Gasteiger partial charge is 0.126 e. The molecule has 0 unspecified atom stereocenters. The highest BCUT2D eigenvalue weighted by Crippen LogP contribution is 2.42. The van der Waals surface area contributed by atoms with E-state index in [0.29, 0.717) is 5.56 Å². The minimum Gasteiger partial charge on any atom is -0.207 e. The lowest BCUT2D eigenvalue weighted by Gasteiger charge is -2.07. The van der Waals surface area contributed by atoms with Crippen LogP contribution in [0.4, 0.5) is 13.2 Å². The van der Waals surface area contributed by atoms with Crippen LogP contribution in [-0.4, -0.2) is 0 Å². The van der Waals surface area contributed by atoms with Crippen LogP contribution in [0.3, 0.4) is 0 Å². The van der Waals surface area contributed by atoms with Gasteiger partial charge in [-0.3, -0.25) is 0 Å². The van der Waals surface area contributed by atoms with Gasteiger partial charge in [0.15, 0.2) is 0 Å². The van der Waals surface area contributed by atoms with Crippen molar-refractivity contribution in [2.75, 3.05) is 0 Å². The third-order valence-electron chi connectivity index (χ3n) is 8.55. The quantitative estimate of drug-likeness (QED) is 0.166. The normalized spacial score (nSPS) is 11.3. The van der Waals surface area contributed by atoms with E-state index in [1.54, 1.807) is 34.8 Å². The predicted octanol–water partition coefficient (Wildman–Crippen LogP) is 13.7. The van der Waals surface area contributed by atoms with Gasteiger partial charge in [-0.1, -0.05) is 103 Å². The molecule has 0 spiro atoms. The van der Waals surface area contributed by atoms with Crippen molar-refractivity contribution in [3.8, 4) is 65.4 Å². The molecule has 5 heteroatoms. The maximum atomic E-state index is 13.9. The lowest BCUT2D eigenvalue weighted by atomic mass is 9.98. The SMILES string of the molecule is Cc1cc(F)cc(-c2ccc(-c3ccc(-c4cc5sc(-c6ccc(-c7ccc(-c8cc(F)cc(F)c8)cc7)cc6)cc5s4)cc3)cc2)c1. The molecule has 232 valence electrons. The Kier molecular flexibility index (Phi) is 7.79. The summed E-state index contributed by atoms with van der Waals surface area (Å²) in [4.78, 5) is 2.47. The fraction of sp³-hybridized carbons (Fsp3) is 0.0233. The van der Waals surface area contributed by atoms with E-state index in [1.165, 1.54) is 42.4 Å². The van der Waals surface area contributed by atoms with Crippen molar-refractivity contribution in [1.82, 2.24) is 0 Å². The molecule has 0 aliphatic heterocycles. The van der Waals surface area contributed by atoms with Crippen LogP contribution in [-0.2, 0) is 0 Å². The fourth-order valence-electron chi connectivity index (χ4n) is 6.11. The highest BCUT2D eigenvalue weighted by molar-refractivity contribution is 7.31. The lowest BCUT2D eigenvalue weighted by Crippen LogP contribution is -1.85. The number of benzene rings is 6. The molecule has 0 fully saturated rings. The Balaban J connectivity index is 0.960. The van der Waals surface area contributed by atoms with E-state index in [9.17, 15) is 13.2 Å². The molecule has 8 rings (SSSR count). The number of aryl methyl sites for hydroxylation is 1. The van der Waals surface area contributed by atoms with E-state index in [2.05, 4.69) is 72.8 Å². The van der Waals surface area contributed by atoms with Crippen molar-refractivity contribution in [2.24, 2.45) is 0 Å². The Morgan fingerprint density at radius 1 is 0.312 bits per heavy atom. The average molecular weight is 665 g/mol. The van der Waals surface area contributed by atoms with Crippen molar-refractivity contribution in [3.05, 3.63) is 169 Å². The third kappa shape index (κ3) is 6.11. The first-order valence-electron chi connectivity index (χ1n) is 15.5. The van der Waals surface area contributed by atoms with E-state index in [4.69, 9.17) is 0 Å². The molecule has 6 aromatic carbocycles. The van der Waals surface area contributed by atoms with Crippen molar-refractivity contribution >= 4 is 32.1 Å². The van der Waals surface area contributed by atoms with Crippen LogP contribution in [0, 0.1) is 24.4 Å². The standard InChI is InChI=1S/C43H27F3S2/c1-26-18-35(20-37(44)19-26)31-6-2-27(3-7-31)29-10-14-33(15-11-29)40-24-42-43(47-40)25-41(48-42)34-16-12-30(13-17-34)28-4-8-32(9-5-28)36-21-38(45)23-39(46)22-36/h2-25H,1H3. The topological polar surface area (TPSA) is 0 Å². The van der Waals surface area contributed by atoms with Crippen LogP contribution in [0.5, 0.6) is 0 Å². The van der Waals surface area contributed by atoms with Gasteiger partial charge in [-0.05, 0) is 105 Å². The summed E-state index contributed by atoms with van der Waals surface area (Å²) >= 11 is 3.60. The molecule has 0 atom stereocenters. The van der Waals surface area contributed by atoms with Crippen LogP contribution in [0.15, 0.2) is 146 Å². The van der Waals surface area contributed by atoms with Gasteiger partial charge in [-0.25, -0.2) is 13.2 Å². The fourth-order valence-corrected chi connectivity index (χ4v) is 8.51. The molecule has 0 nitrogen and oxygen atoms in total. The summed E-state index contributed by atoms with van der Waals surface area (Å²) in [6, 6.07) is 46.5. The zero-order valence-electron chi connectivity index (χ0n) is 25.8. The number of halogens is 3. The molecule has 0 N–H and O–H groups in total. The van der Waals surface area contributed by atoms with Crippen LogP contribution in [0.25, 0.3) is 74.8 Å². The summed E-state index contributed by atoms with van der Waals surface area (Å²) in [7, 11) is 0. The molecule has 2 heterocycles. The second-order valence-corrected chi connectivity index (χ2v) is 14.1. The van der Waals surface area contributed by atoms with Crippen molar-refractivity contribution in [2.45, 2.75) is 6.92 Å². The van der Waals surface area contributed by atoms with Crippen molar-refractivity contribution in [3.63, 3.8) is 0 Å². The van der Waals surface area contributed by atoms with Gasteiger partial charge in [-0.2, -0.15) is 0 Å². The minimum atomic E-state index is -0.582. The zero-order chi connectivity index (χ0) is 32.8. The second kappa shape index (κ2) is 12.4. The number of hydrogen-bond donors (Lipinski definition) is 0. The maximum absolute atomic E-state index is 13.9. The molecule has 0 saturated carbocycles. The largest absolute Gasteiger partial charge is 0.207 e. The third-order valence-corrected chi connectivity index (χ3v) is 10.9. The summed E-state index contributed by atoms with van der Waals surface area (Å²) in [6.45, 7) is 1.91. The Bertz CT molecular complexity index is 2160. The van der Waals surface area contributed by atoms with Gasteiger partial charge in [0.1, 0.15) is 17.5 Å². The summed E-state index contributed by atoms with van der Waals surface area (Å²) in [5.41, 5.74) is 10.8. The Morgan fingerprint density at radius 2 is 0.604 bits per heavy atom. The highest BCUT2D eigenvalue weighted by Gasteiger charge is 2.12. The first-order chi connectivity index (χ1) is 23.3. The van der Waals surface area contributed by atoms with Crippen molar-refractivity contribution < 1.29 is 13.2 Å². The van der Waals surface area contributed by atoms with Gasteiger partial charge in [0.25, 0.3) is 0 Å². The Morgan fingerprint density at radius 3 is 0.958 bits per heavy atom. The first-order valence-corrected chi connectivity index (χ1v) is 17.2. The lowest BCUT2D eigenvalue weighted by molar-refractivity contribution is 0.584. The summed E-state index contributed by atoms with van der Waals surface area (Å²) in [5.74, 6) is -1.38. The maximum Gasteiger partial charge on any atom is 0.126 e. The van der Waals surface area contributed by atoms with Crippen molar-refractivity contribution in [1.29, 1.82) is 0 Å². The van der Waals surface area contributed by atoms with Crippen LogP contribution >= 0.6 is 22.7 Å². The average Bonchev–Trinajstić information content (AvgIpc) is 3.68. The zero-order valence-corrected chi connectivity index (χ0v) is 27.4. The van der Waals surface area contributed by atoms with E-state index in [0.717, 1.165) is 50.6 Å². The summed E-state index contributed by atoms with van der Waals surface area (Å²) in [5, 5.41) is 0. The summed E-state index contributed by atoms with van der Waals surface area (Å²) in [6.07, 6.45) is 0. The van der Waals surface area contributed by atoms with Crippen LogP contribution in [0.2, 0.25) is 0 Å². The van der Waals surface area contributed by atoms with Gasteiger partial charge in [0.05, 0.1) is 0 Å². The van der Waals surface area contributed by atoms with E-state index < -0.39 is 11.6 Å². The van der Waals surface area contributed by atoms with Gasteiger partial charge in [0, 0.05) is 25.2 Å². The van der Waals surface area contributed by atoms with Gasteiger partial charge in [0.2, 0.25) is 0 Å². The number of hydrogen-bond acceptors (Lipinski definition) is 2. The molecule has 2 aromatic heterocycles. The molecule has 0 saturated heterocycles. The Labute approximate surface area is 285 Å². The second-order valence-electron chi connectivity index (χ2n) is 11.9. The predicted molar refractivity (Wildman–Crippen MR) is 197 cm³/mol. The number of thiophene rings is 2. The first kappa shape index (κ1) is 30.1. The Hall–Kier alpha value is -5.23. The monoisotopic (exact) mass is 664 g/mol. The van der Waals surface area contributed by atoms with Crippen LogP contribution < -0.4 is 0 Å². The van der Waals surface area contributed by atoms with E-state index in [-0.39, 0.29) is 5.82 Å². The van der Waals surface area contributed by atoms with Gasteiger partial charge >= 0.3 is 0 Å². The van der Waals surface area contributed by atoms with Crippen LogP contribution in [0.1, 0.15) is 5.56 Å². The molecule has 0 amide bonds. The molecule has 0 radical (unpaired) electrons. The van der Waals surface area contributed by atoms with E-state index in [1.807, 2.05) is 49.4 Å². The molecular formula is C43H27F3S2. The molecule has 0 aliphatic carbocycles. The molecule has 48 heavy (non-hydrogen) atoms. The molecule has 8 aromatic rings. The van der Waals surface area contributed by atoms with Gasteiger partial charge in [-0.15, -0.1) is 22.7 Å². The molecule has 0 bridgehead atoms. The van der Waals surface area contributed by atoms with E-state index >= 15 is 0 Å². The minimum absolute atomic E-state index is 0.214. The highest BCUT2D eigenvalue weighted by atomic mass is 32.1. The molecular weight excluding hydrogens is 638 g/mol. The number of rotatable bonds is 6. The van der Waals surface area contributed by atoms with Gasteiger partial charge < -0.3 is 0 Å².